The molecule has 0 radical (unpaired) electrons. The van der Waals surface area contributed by atoms with E-state index in [9.17, 15) is 18.5 Å². The van der Waals surface area contributed by atoms with Gasteiger partial charge in [0.1, 0.15) is 11.5 Å². The van der Waals surface area contributed by atoms with Crippen LogP contribution in [0.5, 0.6) is 5.75 Å². The van der Waals surface area contributed by atoms with Crippen molar-refractivity contribution in [1.29, 1.82) is 0 Å². The molecule has 0 aromatic heterocycles. The Morgan fingerprint density at radius 3 is 2.13 bits per heavy atom. The third kappa shape index (κ3) is 4.07. The molecule has 122 valence electrons. The van der Waals surface area contributed by atoms with Crippen molar-refractivity contribution in [3.8, 4) is 5.75 Å². The lowest BCUT2D eigenvalue weighted by molar-refractivity contribution is -0.384. The van der Waals surface area contributed by atoms with Gasteiger partial charge < -0.3 is 4.18 Å². The molecule has 0 atom stereocenters. The molecule has 2 aromatic rings. The van der Waals surface area contributed by atoms with Crippen molar-refractivity contribution in [2.24, 2.45) is 0 Å². The van der Waals surface area contributed by atoms with Crippen molar-refractivity contribution in [3.05, 3.63) is 68.8 Å². The summed E-state index contributed by atoms with van der Waals surface area (Å²) in [6.45, 7) is 5.47. The Balaban J connectivity index is 2.23. The van der Waals surface area contributed by atoms with E-state index in [1.54, 1.807) is 19.9 Å². The SMILES string of the molecule is Cc1ccc(C)c(OS(=O)(=O)Cc2ccc([N+](=O)[O-])cc2)c1C. The first-order valence-electron chi connectivity index (χ1n) is 6.92. The molecule has 23 heavy (non-hydrogen) atoms. The Hall–Kier alpha value is -2.41. The van der Waals surface area contributed by atoms with Crippen LogP contribution in [0.1, 0.15) is 22.3 Å². The van der Waals surface area contributed by atoms with E-state index in [4.69, 9.17) is 4.18 Å². The summed E-state index contributed by atoms with van der Waals surface area (Å²) in [7, 11) is -3.85. The van der Waals surface area contributed by atoms with Gasteiger partial charge in [0.15, 0.2) is 0 Å². The number of nitro benzene ring substituents is 1. The van der Waals surface area contributed by atoms with Gasteiger partial charge in [-0.1, -0.05) is 24.3 Å². The monoisotopic (exact) mass is 335 g/mol. The number of non-ortho nitro benzene ring substituents is 1. The molecule has 0 heterocycles. The van der Waals surface area contributed by atoms with Gasteiger partial charge in [0, 0.05) is 12.1 Å². The van der Waals surface area contributed by atoms with Gasteiger partial charge in [-0.05, 0) is 43.0 Å². The van der Waals surface area contributed by atoms with Gasteiger partial charge in [0.2, 0.25) is 0 Å². The second-order valence-corrected chi connectivity index (χ2v) is 6.93. The van der Waals surface area contributed by atoms with Crippen molar-refractivity contribution in [2.75, 3.05) is 0 Å². The smallest absolute Gasteiger partial charge is 0.313 e. The standard InChI is InChI=1S/C16H17NO5S/c1-11-4-5-12(2)16(13(11)3)22-23(20,21)10-14-6-8-15(9-7-14)17(18)19/h4-9H,10H2,1-3H3. The highest BCUT2D eigenvalue weighted by Crippen LogP contribution is 2.28. The second kappa shape index (κ2) is 6.37. The molecule has 0 bridgehead atoms. The number of hydrogen-bond donors (Lipinski definition) is 0. The van der Waals surface area contributed by atoms with Gasteiger partial charge in [0.25, 0.3) is 5.69 Å². The van der Waals surface area contributed by atoms with Crippen molar-refractivity contribution >= 4 is 15.8 Å². The van der Waals surface area contributed by atoms with Crippen molar-refractivity contribution < 1.29 is 17.5 Å². The molecule has 0 unspecified atom stereocenters. The van der Waals surface area contributed by atoms with Gasteiger partial charge in [-0.2, -0.15) is 8.42 Å². The highest BCUT2D eigenvalue weighted by molar-refractivity contribution is 7.86. The van der Waals surface area contributed by atoms with Crippen LogP contribution in [0.2, 0.25) is 0 Å². The summed E-state index contributed by atoms with van der Waals surface area (Å²) in [6, 6.07) is 9.07. The lowest BCUT2D eigenvalue weighted by Crippen LogP contribution is -2.14. The fourth-order valence-corrected chi connectivity index (χ4v) is 3.30. The Morgan fingerprint density at radius 1 is 1.00 bits per heavy atom. The summed E-state index contributed by atoms with van der Waals surface area (Å²) in [5.41, 5.74) is 2.80. The molecule has 0 aliphatic rings. The van der Waals surface area contributed by atoms with E-state index in [1.165, 1.54) is 24.3 Å². The quantitative estimate of drug-likeness (QED) is 0.474. The van der Waals surface area contributed by atoms with Crippen molar-refractivity contribution in [3.63, 3.8) is 0 Å². The average molecular weight is 335 g/mol. The number of nitro groups is 1. The summed E-state index contributed by atoms with van der Waals surface area (Å²) in [6.07, 6.45) is 0. The van der Waals surface area contributed by atoms with Crippen molar-refractivity contribution in [1.82, 2.24) is 0 Å². The topological polar surface area (TPSA) is 86.5 Å². The summed E-state index contributed by atoms with van der Waals surface area (Å²) in [5.74, 6) is -0.00966. The molecule has 0 amide bonds. The van der Waals surface area contributed by atoms with Crippen LogP contribution in [0, 0.1) is 30.9 Å². The maximum Gasteiger partial charge on any atom is 0.313 e. The Bertz CT molecular complexity index is 842. The molecule has 2 aromatic carbocycles. The zero-order valence-electron chi connectivity index (χ0n) is 13.1. The Kier molecular flexibility index (Phi) is 4.70. The zero-order chi connectivity index (χ0) is 17.2. The first-order chi connectivity index (χ1) is 10.7. The lowest BCUT2D eigenvalue weighted by atomic mass is 10.1. The number of benzene rings is 2. The summed E-state index contributed by atoms with van der Waals surface area (Å²) < 4.78 is 29.8. The van der Waals surface area contributed by atoms with Crippen LogP contribution in [0.25, 0.3) is 0 Å². The molecule has 0 fully saturated rings. The molecule has 0 N–H and O–H groups in total. The van der Waals surface area contributed by atoms with Gasteiger partial charge in [-0.25, -0.2) is 0 Å². The third-order valence-electron chi connectivity index (χ3n) is 3.57. The molecule has 6 nitrogen and oxygen atoms in total. The minimum atomic E-state index is -3.85. The van der Waals surface area contributed by atoms with Gasteiger partial charge >= 0.3 is 10.1 Å². The predicted molar refractivity (Wildman–Crippen MR) is 87.0 cm³/mol. The van der Waals surface area contributed by atoms with E-state index >= 15 is 0 Å². The highest BCUT2D eigenvalue weighted by Gasteiger charge is 2.18. The van der Waals surface area contributed by atoms with Crippen LogP contribution in [0.4, 0.5) is 5.69 Å². The van der Waals surface area contributed by atoms with Gasteiger partial charge in [-0.15, -0.1) is 0 Å². The first-order valence-corrected chi connectivity index (χ1v) is 8.49. The Labute approximate surface area is 135 Å². The molecule has 0 saturated carbocycles. The largest absolute Gasteiger partial charge is 0.382 e. The van der Waals surface area contributed by atoms with Crippen LogP contribution in [-0.4, -0.2) is 13.3 Å². The van der Waals surface area contributed by atoms with Crippen LogP contribution in [-0.2, 0) is 15.9 Å². The van der Waals surface area contributed by atoms with Gasteiger partial charge in [-0.3, -0.25) is 10.1 Å². The molecule has 0 aliphatic heterocycles. The fraction of sp³-hybridized carbons (Fsp3) is 0.250. The molecule has 0 saturated heterocycles. The summed E-state index contributed by atoms with van der Waals surface area (Å²) in [4.78, 5) is 10.1. The van der Waals surface area contributed by atoms with Crippen LogP contribution < -0.4 is 4.18 Å². The number of aryl methyl sites for hydroxylation is 2. The van der Waals surface area contributed by atoms with Crippen LogP contribution in [0.15, 0.2) is 36.4 Å². The minimum absolute atomic E-state index is 0.0857. The molecule has 0 spiro atoms. The van der Waals surface area contributed by atoms with E-state index in [1.807, 2.05) is 13.0 Å². The van der Waals surface area contributed by atoms with Crippen molar-refractivity contribution in [2.45, 2.75) is 26.5 Å². The lowest BCUT2D eigenvalue weighted by Gasteiger charge is -2.13. The van der Waals surface area contributed by atoms with E-state index in [2.05, 4.69) is 0 Å². The van der Waals surface area contributed by atoms with Gasteiger partial charge in [0.05, 0.1) is 4.92 Å². The number of nitrogens with zero attached hydrogens (tertiary/aromatic N) is 1. The summed E-state index contributed by atoms with van der Waals surface area (Å²) >= 11 is 0. The molecule has 7 heteroatoms. The second-order valence-electron chi connectivity index (χ2n) is 5.36. The maximum absolute atomic E-state index is 12.2. The average Bonchev–Trinajstić information content (AvgIpc) is 2.48. The minimum Gasteiger partial charge on any atom is -0.382 e. The molecular formula is C16H17NO5S. The van der Waals surface area contributed by atoms with E-state index in [0.717, 1.165) is 16.7 Å². The third-order valence-corrected chi connectivity index (χ3v) is 4.68. The van der Waals surface area contributed by atoms with E-state index in [-0.39, 0.29) is 11.4 Å². The zero-order valence-corrected chi connectivity index (χ0v) is 13.9. The predicted octanol–water partition coefficient (Wildman–Crippen LogP) is 3.43. The molecule has 0 aliphatic carbocycles. The van der Waals surface area contributed by atoms with Crippen LogP contribution >= 0.6 is 0 Å². The number of hydrogen-bond acceptors (Lipinski definition) is 5. The molecule has 2 rings (SSSR count). The molecular weight excluding hydrogens is 318 g/mol. The summed E-state index contributed by atoms with van der Waals surface area (Å²) in [5, 5.41) is 10.6. The Morgan fingerprint density at radius 2 is 1.57 bits per heavy atom. The fourth-order valence-electron chi connectivity index (χ4n) is 2.13. The van der Waals surface area contributed by atoms with E-state index < -0.39 is 15.0 Å². The first kappa shape index (κ1) is 17.0. The normalized spacial score (nSPS) is 11.3. The van der Waals surface area contributed by atoms with E-state index in [0.29, 0.717) is 11.3 Å². The maximum atomic E-state index is 12.2. The van der Waals surface area contributed by atoms with Crippen LogP contribution in [0.3, 0.4) is 0 Å². The highest BCUT2D eigenvalue weighted by atomic mass is 32.2. The number of rotatable bonds is 5.